The molecule has 1 aliphatic carbocycles. The van der Waals surface area contributed by atoms with Crippen LogP contribution in [0.3, 0.4) is 0 Å². The zero-order valence-corrected chi connectivity index (χ0v) is 11.2. The Morgan fingerprint density at radius 2 is 1.95 bits per heavy atom. The molecule has 1 aromatic rings. The minimum absolute atomic E-state index is 0.129. The summed E-state index contributed by atoms with van der Waals surface area (Å²) in [5.74, 6) is 0.564. The summed E-state index contributed by atoms with van der Waals surface area (Å²) in [6.07, 6.45) is 8.83. The lowest BCUT2D eigenvalue weighted by Crippen LogP contribution is -2.38. The van der Waals surface area contributed by atoms with Crippen molar-refractivity contribution in [2.45, 2.75) is 44.6 Å². The third kappa shape index (κ3) is 4.63. The van der Waals surface area contributed by atoms with E-state index in [-0.39, 0.29) is 12.5 Å². The van der Waals surface area contributed by atoms with Gasteiger partial charge in [-0.1, -0.05) is 0 Å². The van der Waals surface area contributed by atoms with Crippen LogP contribution in [0, 0.1) is 5.92 Å². The molecule has 1 aromatic heterocycles. The number of hydrogen-bond acceptors (Lipinski definition) is 3. The Hall–Kier alpha value is -1.42. The van der Waals surface area contributed by atoms with Crippen LogP contribution >= 0.6 is 0 Å². The Morgan fingerprint density at radius 3 is 2.58 bits per heavy atom. The van der Waals surface area contributed by atoms with Gasteiger partial charge in [-0.2, -0.15) is 0 Å². The number of aliphatic hydroxyl groups excluding tert-OH is 1. The second kappa shape index (κ2) is 7.24. The van der Waals surface area contributed by atoms with Gasteiger partial charge < -0.3 is 10.4 Å². The van der Waals surface area contributed by atoms with Crippen molar-refractivity contribution in [3.05, 3.63) is 30.1 Å². The molecule has 0 unspecified atom stereocenters. The topological polar surface area (TPSA) is 62.2 Å². The molecular weight excluding hydrogens is 240 g/mol. The van der Waals surface area contributed by atoms with E-state index in [4.69, 9.17) is 5.11 Å². The van der Waals surface area contributed by atoms with E-state index in [1.54, 1.807) is 12.4 Å². The lowest BCUT2D eigenvalue weighted by Gasteiger charge is -2.27. The second-order valence-electron chi connectivity index (χ2n) is 5.32. The molecule has 19 heavy (non-hydrogen) atoms. The fourth-order valence-electron chi connectivity index (χ4n) is 2.60. The number of hydrogen-bond donors (Lipinski definition) is 2. The summed E-state index contributed by atoms with van der Waals surface area (Å²) in [5.41, 5.74) is 1.15. The maximum absolute atomic E-state index is 11.9. The Balaban J connectivity index is 1.67. The van der Waals surface area contributed by atoms with Gasteiger partial charge in [0.2, 0.25) is 5.91 Å². The van der Waals surface area contributed by atoms with Gasteiger partial charge in [0.25, 0.3) is 0 Å². The molecule has 1 amide bonds. The van der Waals surface area contributed by atoms with Gasteiger partial charge in [-0.05, 0) is 55.7 Å². The standard InChI is InChI=1S/C15H22N2O2/c18-11-13-1-4-14(5-2-13)17-15(19)6-3-12-7-9-16-10-8-12/h7-10,13-14,18H,1-6,11H2,(H,17,19). The molecule has 104 valence electrons. The minimum atomic E-state index is 0.129. The quantitative estimate of drug-likeness (QED) is 0.848. The van der Waals surface area contributed by atoms with Gasteiger partial charge in [-0.3, -0.25) is 9.78 Å². The minimum Gasteiger partial charge on any atom is -0.396 e. The summed E-state index contributed by atoms with van der Waals surface area (Å²) < 4.78 is 0. The number of aryl methyl sites for hydroxylation is 1. The molecule has 1 aliphatic rings. The van der Waals surface area contributed by atoms with E-state index in [1.165, 1.54) is 0 Å². The van der Waals surface area contributed by atoms with Gasteiger partial charge >= 0.3 is 0 Å². The van der Waals surface area contributed by atoms with Crippen molar-refractivity contribution in [2.24, 2.45) is 5.92 Å². The highest BCUT2D eigenvalue weighted by molar-refractivity contribution is 5.76. The van der Waals surface area contributed by atoms with Crippen molar-refractivity contribution >= 4 is 5.91 Å². The first kappa shape index (κ1) is 14.0. The molecule has 0 aromatic carbocycles. The summed E-state index contributed by atoms with van der Waals surface area (Å²) in [6.45, 7) is 0.280. The molecule has 0 spiro atoms. The van der Waals surface area contributed by atoms with Crippen molar-refractivity contribution < 1.29 is 9.90 Å². The maximum Gasteiger partial charge on any atom is 0.220 e. The average Bonchev–Trinajstić information content (AvgIpc) is 2.47. The first-order valence-electron chi connectivity index (χ1n) is 7.07. The Morgan fingerprint density at radius 1 is 1.26 bits per heavy atom. The van der Waals surface area contributed by atoms with Gasteiger partial charge in [0.05, 0.1) is 0 Å². The molecule has 2 N–H and O–H groups in total. The average molecular weight is 262 g/mol. The summed E-state index contributed by atoms with van der Waals surface area (Å²) in [6, 6.07) is 4.19. The van der Waals surface area contributed by atoms with E-state index in [2.05, 4.69) is 10.3 Å². The van der Waals surface area contributed by atoms with E-state index < -0.39 is 0 Å². The van der Waals surface area contributed by atoms with Crippen molar-refractivity contribution in [3.63, 3.8) is 0 Å². The smallest absolute Gasteiger partial charge is 0.220 e. The zero-order valence-electron chi connectivity index (χ0n) is 11.2. The van der Waals surface area contributed by atoms with Crippen LogP contribution in [0.5, 0.6) is 0 Å². The van der Waals surface area contributed by atoms with Crippen molar-refractivity contribution in [3.8, 4) is 0 Å². The highest BCUT2D eigenvalue weighted by atomic mass is 16.3. The summed E-state index contributed by atoms with van der Waals surface area (Å²) >= 11 is 0. The van der Waals surface area contributed by atoms with Crippen LogP contribution in [0.1, 0.15) is 37.7 Å². The number of nitrogens with one attached hydrogen (secondary N) is 1. The normalized spacial score (nSPS) is 23.0. The number of rotatable bonds is 5. The van der Waals surface area contributed by atoms with Crippen molar-refractivity contribution in [2.75, 3.05) is 6.61 Å². The fourth-order valence-corrected chi connectivity index (χ4v) is 2.60. The van der Waals surface area contributed by atoms with E-state index in [1.807, 2.05) is 12.1 Å². The fraction of sp³-hybridized carbons (Fsp3) is 0.600. The molecule has 2 rings (SSSR count). The van der Waals surface area contributed by atoms with Gasteiger partial charge in [0.1, 0.15) is 0 Å². The highest BCUT2D eigenvalue weighted by Crippen LogP contribution is 2.23. The molecule has 0 atom stereocenters. The molecular formula is C15H22N2O2. The maximum atomic E-state index is 11.9. The number of pyridine rings is 1. The van der Waals surface area contributed by atoms with Crippen LogP contribution < -0.4 is 5.32 Å². The third-order valence-electron chi connectivity index (χ3n) is 3.86. The van der Waals surface area contributed by atoms with E-state index in [9.17, 15) is 4.79 Å². The Labute approximate surface area is 114 Å². The molecule has 4 nitrogen and oxygen atoms in total. The number of nitrogens with zero attached hydrogens (tertiary/aromatic N) is 1. The lowest BCUT2D eigenvalue weighted by atomic mass is 9.86. The number of aliphatic hydroxyl groups is 1. The number of aromatic nitrogens is 1. The predicted octanol–water partition coefficient (Wildman–Crippen LogP) is 1.68. The molecule has 1 saturated carbocycles. The van der Waals surface area contributed by atoms with Crippen LogP contribution in [-0.2, 0) is 11.2 Å². The van der Waals surface area contributed by atoms with Gasteiger partial charge in [-0.15, -0.1) is 0 Å². The van der Waals surface area contributed by atoms with E-state index >= 15 is 0 Å². The SMILES string of the molecule is O=C(CCc1ccncc1)NC1CCC(CO)CC1. The molecule has 0 aliphatic heterocycles. The number of amides is 1. The lowest BCUT2D eigenvalue weighted by molar-refractivity contribution is -0.122. The Bertz CT molecular complexity index is 386. The molecule has 1 heterocycles. The van der Waals surface area contributed by atoms with Crippen LogP contribution in [-0.4, -0.2) is 28.6 Å². The van der Waals surface area contributed by atoms with E-state index in [0.717, 1.165) is 37.7 Å². The predicted molar refractivity (Wildman–Crippen MR) is 73.5 cm³/mol. The van der Waals surface area contributed by atoms with Gasteiger partial charge in [-0.25, -0.2) is 0 Å². The number of carbonyl (C=O) groups excluding carboxylic acids is 1. The largest absolute Gasteiger partial charge is 0.396 e. The van der Waals surface area contributed by atoms with Gasteiger partial charge in [0.15, 0.2) is 0 Å². The van der Waals surface area contributed by atoms with Crippen LogP contribution in [0.25, 0.3) is 0 Å². The Kier molecular flexibility index (Phi) is 5.33. The second-order valence-corrected chi connectivity index (χ2v) is 5.32. The summed E-state index contributed by atoms with van der Waals surface area (Å²) in [4.78, 5) is 15.8. The van der Waals surface area contributed by atoms with Crippen molar-refractivity contribution in [1.29, 1.82) is 0 Å². The first-order chi connectivity index (χ1) is 9.28. The monoisotopic (exact) mass is 262 g/mol. The summed E-state index contributed by atoms with van der Waals surface area (Å²) in [5, 5.41) is 12.2. The highest BCUT2D eigenvalue weighted by Gasteiger charge is 2.21. The van der Waals surface area contributed by atoms with Crippen LogP contribution in [0.2, 0.25) is 0 Å². The molecule has 0 bridgehead atoms. The summed E-state index contributed by atoms with van der Waals surface area (Å²) in [7, 11) is 0. The molecule has 1 fully saturated rings. The van der Waals surface area contributed by atoms with E-state index in [0.29, 0.717) is 18.4 Å². The molecule has 0 radical (unpaired) electrons. The number of carbonyl (C=O) groups is 1. The third-order valence-corrected chi connectivity index (χ3v) is 3.86. The first-order valence-corrected chi connectivity index (χ1v) is 7.07. The molecule has 4 heteroatoms. The van der Waals surface area contributed by atoms with Gasteiger partial charge in [0, 0.05) is 31.5 Å². The van der Waals surface area contributed by atoms with Crippen LogP contribution in [0.15, 0.2) is 24.5 Å². The molecule has 0 saturated heterocycles. The zero-order chi connectivity index (χ0) is 13.5. The van der Waals surface area contributed by atoms with Crippen LogP contribution in [0.4, 0.5) is 0 Å². The van der Waals surface area contributed by atoms with Crippen molar-refractivity contribution in [1.82, 2.24) is 10.3 Å².